The van der Waals surface area contributed by atoms with Gasteiger partial charge in [0.1, 0.15) is 12.0 Å². The van der Waals surface area contributed by atoms with E-state index in [2.05, 4.69) is 42.0 Å². The fourth-order valence-corrected chi connectivity index (χ4v) is 5.85. The topological polar surface area (TPSA) is 51.7 Å². The summed E-state index contributed by atoms with van der Waals surface area (Å²) < 4.78 is 27.1. The number of pyridine rings is 1. The van der Waals surface area contributed by atoms with E-state index in [0.29, 0.717) is 38.5 Å². The molecule has 1 N–H and O–H groups in total. The number of alkyl halides is 1. The number of anilines is 1. The summed E-state index contributed by atoms with van der Waals surface area (Å²) in [5, 5.41) is 3.53. The zero-order valence-electron chi connectivity index (χ0n) is 21.5. The van der Waals surface area contributed by atoms with Crippen molar-refractivity contribution in [2.75, 3.05) is 50.7 Å². The molecule has 0 unspecified atom stereocenters. The van der Waals surface area contributed by atoms with Gasteiger partial charge in [-0.3, -0.25) is 19.6 Å². The summed E-state index contributed by atoms with van der Waals surface area (Å²) in [7, 11) is 0. The van der Waals surface area contributed by atoms with Gasteiger partial charge in [0.25, 0.3) is 0 Å². The molecule has 36 heavy (non-hydrogen) atoms. The monoisotopic (exact) mass is 497 g/mol. The number of carbonyl (C=O) groups is 1. The quantitative estimate of drug-likeness (QED) is 0.665. The molecule has 3 aliphatic heterocycles. The van der Waals surface area contributed by atoms with E-state index in [1.165, 1.54) is 12.1 Å². The Hall–Kier alpha value is -2.42. The Morgan fingerprint density at radius 3 is 2.69 bits per heavy atom. The van der Waals surface area contributed by atoms with Gasteiger partial charge < -0.3 is 10.2 Å². The summed E-state index contributed by atoms with van der Waals surface area (Å²) in [5.41, 5.74) is 3.59. The van der Waals surface area contributed by atoms with Gasteiger partial charge in [-0.15, -0.1) is 0 Å². The number of nitrogens with zero attached hydrogens (tertiary/aromatic N) is 4. The van der Waals surface area contributed by atoms with Crippen LogP contribution in [0.15, 0.2) is 36.5 Å². The Morgan fingerprint density at radius 1 is 1.19 bits per heavy atom. The first-order valence-corrected chi connectivity index (χ1v) is 13.1. The van der Waals surface area contributed by atoms with Crippen LogP contribution in [-0.4, -0.2) is 84.8 Å². The molecule has 1 aromatic carbocycles. The molecular weight excluding hydrogens is 460 g/mol. The lowest BCUT2D eigenvalue weighted by molar-refractivity contribution is -0.120. The largest absolute Gasteiger partial charge is 0.311 e. The van der Waals surface area contributed by atoms with Crippen molar-refractivity contribution in [3.63, 3.8) is 0 Å². The molecule has 3 aliphatic rings. The second-order valence-corrected chi connectivity index (χ2v) is 11.4. The van der Waals surface area contributed by atoms with Crippen LogP contribution in [0.3, 0.4) is 0 Å². The predicted octanol–water partition coefficient (Wildman–Crippen LogP) is 3.14. The number of benzene rings is 1. The second kappa shape index (κ2) is 10.1. The van der Waals surface area contributed by atoms with Gasteiger partial charge >= 0.3 is 0 Å². The van der Waals surface area contributed by atoms with E-state index in [9.17, 15) is 13.6 Å². The van der Waals surface area contributed by atoms with Gasteiger partial charge in [0, 0.05) is 63.0 Å². The highest BCUT2D eigenvalue weighted by Crippen LogP contribution is 2.39. The Balaban J connectivity index is 1.32. The average Bonchev–Trinajstić information content (AvgIpc) is 3.36. The zero-order chi connectivity index (χ0) is 25.4. The van der Waals surface area contributed by atoms with Crippen molar-refractivity contribution in [1.29, 1.82) is 0 Å². The summed E-state index contributed by atoms with van der Waals surface area (Å²) in [6, 6.07) is 9.05. The first kappa shape index (κ1) is 25.2. The molecule has 6 nitrogen and oxygen atoms in total. The van der Waals surface area contributed by atoms with Crippen molar-refractivity contribution in [2.45, 2.75) is 57.3 Å². The maximum absolute atomic E-state index is 13.7. The SMILES string of the molecule is C[C@@H]1CN(CC(=O)N2CC(C)(C)c3ncc(Cc4ccc(F)cc4)cc32)[C@@H](CN2CC[C@@H](F)C2)CN1. The minimum atomic E-state index is -0.740. The number of piperazine rings is 1. The van der Waals surface area contributed by atoms with Gasteiger partial charge in [0.05, 0.1) is 17.9 Å². The third-order valence-electron chi connectivity index (χ3n) is 7.78. The van der Waals surface area contributed by atoms with Crippen molar-refractivity contribution in [2.24, 2.45) is 0 Å². The molecule has 0 spiro atoms. The number of carbonyl (C=O) groups excluding carboxylic acids is 1. The Labute approximate surface area is 212 Å². The maximum atomic E-state index is 13.7. The van der Waals surface area contributed by atoms with Crippen molar-refractivity contribution in [3.05, 3.63) is 59.2 Å². The van der Waals surface area contributed by atoms with E-state index < -0.39 is 6.17 Å². The third kappa shape index (κ3) is 5.45. The van der Waals surface area contributed by atoms with Crippen molar-refractivity contribution in [3.8, 4) is 0 Å². The maximum Gasteiger partial charge on any atom is 0.241 e. The van der Waals surface area contributed by atoms with E-state index in [1.54, 1.807) is 12.1 Å². The molecule has 194 valence electrons. The van der Waals surface area contributed by atoms with E-state index in [4.69, 9.17) is 4.98 Å². The first-order valence-electron chi connectivity index (χ1n) is 13.1. The van der Waals surface area contributed by atoms with Crippen LogP contribution in [0.1, 0.15) is 44.0 Å². The molecule has 4 heterocycles. The number of likely N-dealkylation sites (tertiary alicyclic amines) is 1. The van der Waals surface area contributed by atoms with Gasteiger partial charge in [0.2, 0.25) is 5.91 Å². The standard InChI is InChI=1S/C28H37F2N5O/c1-19-14-34(24(13-31-19)16-33-9-8-23(30)15-33)17-26(36)35-18-28(2,3)27-25(35)11-21(12-32-27)10-20-4-6-22(29)7-5-20/h4-7,11-12,19,23-24,31H,8-10,13-18H2,1-3H3/t19-,23-,24-/m1/s1. The molecule has 0 bridgehead atoms. The number of rotatable bonds is 6. The van der Waals surface area contributed by atoms with Gasteiger partial charge in [0.15, 0.2) is 0 Å². The normalized spacial score (nSPS) is 26.4. The highest BCUT2D eigenvalue weighted by molar-refractivity contribution is 5.97. The second-order valence-electron chi connectivity index (χ2n) is 11.4. The minimum Gasteiger partial charge on any atom is -0.311 e. The minimum absolute atomic E-state index is 0.0754. The predicted molar refractivity (Wildman–Crippen MR) is 138 cm³/mol. The van der Waals surface area contributed by atoms with E-state index >= 15 is 0 Å². The van der Waals surface area contributed by atoms with Crippen LogP contribution in [-0.2, 0) is 16.6 Å². The molecule has 2 saturated heterocycles. The summed E-state index contributed by atoms with van der Waals surface area (Å²) in [6.07, 6.45) is 2.37. The first-order chi connectivity index (χ1) is 17.2. The van der Waals surface area contributed by atoms with Crippen molar-refractivity contribution in [1.82, 2.24) is 20.1 Å². The van der Waals surface area contributed by atoms with Gasteiger partial charge in [-0.25, -0.2) is 8.78 Å². The highest BCUT2D eigenvalue weighted by atomic mass is 19.1. The Bertz CT molecular complexity index is 1090. The van der Waals surface area contributed by atoms with Crippen LogP contribution >= 0.6 is 0 Å². The van der Waals surface area contributed by atoms with Crippen LogP contribution in [0, 0.1) is 5.82 Å². The smallest absolute Gasteiger partial charge is 0.241 e. The number of hydrogen-bond donors (Lipinski definition) is 1. The summed E-state index contributed by atoms with van der Waals surface area (Å²) in [6.45, 7) is 11.0. The molecule has 2 fully saturated rings. The van der Waals surface area contributed by atoms with Crippen LogP contribution in [0.2, 0.25) is 0 Å². The van der Waals surface area contributed by atoms with Crippen molar-refractivity contribution >= 4 is 11.6 Å². The van der Waals surface area contributed by atoms with E-state index in [-0.39, 0.29) is 23.2 Å². The molecule has 2 aromatic rings. The van der Waals surface area contributed by atoms with Gasteiger partial charge in [-0.2, -0.15) is 0 Å². The fraction of sp³-hybridized carbons (Fsp3) is 0.571. The average molecular weight is 498 g/mol. The molecule has 0 radical (unpaired) electrons. The fourth-order valence-electron chi connectivity index (χ4n) is 5.85. The molecule has 3 atom stereocenters. The lowest BCUT2D eigenvalue weighted by Crippen LogP contribution is -2.60. The molecule has 5 rings (SSSR count). The number of hydrogen-bond acceptors (Lipinski definition) is 5. The van der Waals surface area contributed by atoms with E-state index in [1.807, 2.05) is 11.1 Å². The molecule has 8 heteroatoms. The number of nitrogens with one attached hydrogen (secondary N) is 1. The van der Waals surface area contributed by atoms with Crippen LogP contribution in [0.25, 0.3) is 0 Å². The number of halogens is 2. The molecule has 1 aromatic heterocycles. The number of aromatic nitrogens is 1. The Kier molecular flexibility index (Phi) is 7.12. The van der Waals surface area contributed by atoms with Crippen LogP contribution < -0.4 is 10.2 Å². The van der Waals surface area contributed by atoms with Crippen molar-refractivity contribution < 1.29 is 13.6 Å². The number of fused-ring (bicyclic) bond motifs is 1. The van der Waals surface area contributed by atoms with Gasteiger partial charge in [-0.05, 0) is 49.1 Å². The molecule has 0 aliphatic carbocycles. The van der Waals surface area contributed by atoms with Crippen LogP contribution in [0.5, 0.6) is 0 Å². The van der Waals surface area contributed by atoms with E-state index in [0.717, 1.165) is 48.7 Å². The molecule has 1 amide bonds. The van der Waals surface area contributed by atoms with Gasteiger partial charge in [-0.1, -0.05) is 26.0 Å². The zero-order valence-corrected chi connectivity index (χ0v) is 21.5. The lowest BCUT2D eigenvalue weighted by atomic mass is 9.91. The summed E-state index contributed by atoms with van der Waals surface area (Å²) in [5.74, 6) is -0.175. The highest BCUT2D eigenvalue weighted by Gasteiger charge is 2.41. The summed E-state index contributed by atoms with van der Waals surface area (Å²) >= 11 is 0. The number of amides is 1. The lowest BCUT2D eigenvalue weighted by Gasteiger charge is -2.41. The van der Waals surface area contributed by atoms with Crippen LogP contribution in [0.4, 0.5) is 14.5 Å². The molecular formula is C28H37F2N5O. The third-order valence-corrected chi connectivity index (χ3v) is 7.78. The summed E-state index contributed by atoms with van der Waals surface area (Å²) in [4.78, 5) is 24.9. The Morgan fingerprint density at radius 2 is 1.97 bits per heavy atom. The molecule has 0 saturated carbocycles.